The van der Waals surface area contributed by atoms with E-state index in [1.807, 2.05) is 24.3 Å². The molecular formula is C22H24N4O4. The minimum Gasteiger partial charge on any atom is -0.493 e. The number of ether oxygens (including phenoxy) is 2. The lowest BCUT2D eigenvalue weighted by Crippen LogP contribution is -2.39. The van der Waals surface area contributed by atoms with Gasteiger partial charge in [-0.15, -0.1) is 0 Å². The van der Waals surface area contributed by atoms with Crippen LogP contribution >= 0.6 is 0 Å². The molecule has 4 rings (SSSR count). The lowest BCUT2D eigenvalue weighted by molar-refractivity contribution is -0.133. The molecule has 1 aromatic heterocycles. The van der Waals surface area contributed by atoms with Crippen LogP contribution in [-0.2, 0) is 4.79 Å². The number of aromatic amines is 1. The fourth-order valence-corrected chi connectivity index (χ4v) is 3.59. The summed E-state index contributed by atoms with van der Waals surface area (Å²) in [5.74, 6) is 0.988. The molecule has 1 saturated heterocycles. The van der Waals surface area contributed by atoms with Crippen molar-refractivity contribution in [2.24, 2.45) is 0 Å². The quantitative estimate of drug-likeness (QED) is 0.700. The van der Waals surface area contributed by atoms with E-state index in [1.54, 1.807) is 41.4 Å². The largest absolute Gasteiger partial charge is 0.493 e. The third kappa shape index (κ3) is 4.22. The number of benzene rings is 2. The van der Waals surface area contributed by atoms with Crippen molar-refractivity contribution in [3.05, 3.63) is 54.4 Å². The summed E-state index contributed by atoms with van der Waals surface area (Å²) in [6.07, 6.45) is 2.33. The number of amides is 2. The second-order valence-corrected chi connectivity index (χ2v) is 7.10. The second kappa shape index (κ2) is 8.86. The lowest BCUT2D eigenvalue weighted by atomic mass is 10.1. The predicted octanol–water partition coefficient (Wildman–Crippen LogP) is 2.33. The minimum absolute atomic E-state index is 0.0360. The van der Waals surface area contributed by atoms with Gasteiger partial charge in [-0.2, -0.15) is 0 Å². The number of hydrogen-bond donors (Lipinski definition) is 1. The first-order chi connectivity index (χ1) is 14.7. The highest BCUT2D eigenvalue weighted by Crippen LogP contribution is 2.25. The third-order valence-electron chi connectivity index (χ3n) is 5.22. The van der Waals surface area contributed by atoms with Crippen molar-refractivity contribution in [3.8, 4) is 11.5 Å². The number of methoxy groups -OCH3 is 1. The summed E-state index contributed by atoms with van der Waals surface area (Å²) < 4.78 is 10.9. The third-order valence-corrected chi connectivity index (χ3v) is 5.22. The Kier molecular flexibility index (Phi) is 5.83. The molecule has 0 aliphatic carbocycles. The minimum atomic E-state index is -0.103. The first kappa shape index (κ1) is 19.8. The predicted molar refractivity (Wildman–Crippen MR) is 112 cm³/mol. The van der Waals surface area contributed by atoms with Crippen LogP contribution < -0.4 is 9.47 Å². The number of para-hydroxylation sites is 2. The Morgan fingerprint density at radius 2 is 1.80 bits per heavy atom. The molecule has 1 N–H and O–H groups in total. The number of carbonyl (C=O) groups is 2. The molecule has 2 heterocycles. The molecule has 30 heavy (non-hydrogen) atoms. The van der Waals surface area contributed by atoms with Gasteiger partial charge in [-0.3, -0.25) is 9.59 Å². The lowest BCUT2D eigenvalue weighted by Gasteiger charge is -2.22. The van der Waals surface area contributed by atoms with Crippen molar-refractivity contribution in [2.45, 2.75) is 6.42 Å². The molecule has 0 radical (unpaired) electrons. The molecule has 1 aliphatic heterocycles. The number of imidazole rings is 1. The van der Waals surface area contributed by atoms with Crippen LogP contribution in [0.15, 0.2) is 48.8 Å². The summed E-state index contributed by atoms with van der Waals surface area (Å²) >= 11 is 0. The Hall–Kier alpha value is -3.55. The molecule has 1 fully saturated rings. The van der Waals surface area contributed by atoms with Crippen molar-refractivity contribution in [3.63, 3.8) is 0 Å². The number of H-pyrrole nitrogens is 1. The molecule has 0 atom stereocenters. The van der Waals surface area contributed by atoms with Crippen LogP contribution in [0.1, 0.15) is 16.8 Å². The second-order valence-electron chi connectivity index (χ2n) is 7.10. The highest BCUT2D eigenvalue weighted by Gasteiger charge is 2.23. The van der Waals surface area contributed by atoms with Crippen molar-refractivity contribution < 1.29 is 19.1 Å². The summed E-state index contributed by atoms with van der Waals surface area (Å²) in [6, 6.07) is 12.7. The number of nitrogens with one attached hydrogen (secondary N) is 1. The first-order valence-electron chi connectivity index (χ1n) is 9.91. The van der Waals surface area contributed by atoms with E-state index in [1.165, 1.54) is 0 Å². The van der Waals surface area contributed by atoms with E-state index in [0.29, 0.717) is 43.2 Å². The highest BCUT2D eigenvalue weighted by atomic mass is 16.5. The van der Waals surface area contributed by atoms with Crippen LogP contribution in [-0.4, -0.2) is 71.5 Å². The van der Waals surface area contributed by atoms with E-state index in [-0.39, 0.29) is 18.4 Å². The zero-order chi connectivity index (χ0) is 20.9. The Bertz CT molecular complexity index is 1050. The van der Waals surface area contributed by atoms with Gasteiger partial charge in [-0.1, -0.05) is 12.1 Å². The van der Waals surface area contributed by atoms with E-state index < -0.39 is 0 Å². The van der Waals surface area contributed by atoms with E-state index in [4.69, 9.17) is 9.47 Å². The number of nitrogens with zero attached hydrogens (tertiary/aromatic N) is 3. The highest BCUT2D eigenvalue weighted by molar-refractivity contribution is 5.97. The number of rotatable bonds is 5. The van der Waals surface area contributed by atoms with E-state index in [2.05, 4.69) is 9.97 Å². The molecule has 1 aliphatic rings. The maximum atomic E-state index is 12.9. The SMILES string of the molecule is COc1ccccc1OCC(=O)N1CCCN(C(=O)c2ccc3nc[nH]c3c2)CC1. The van der Waals surface area contributed by atoms with E-state index in [9.17, 15) is 9.59 Å². The summed E-state index contributed by atoms with van der Waals surface area (Å²) in [5, 5.41) is 0. The summed E-state index contributed by atoms with van der Waals surface area (Å²) in [7, 11) is 1.56. The number of hydrogen-bond acceptors (Lipinski definition) is 5. The van der Waals surface area contributed by atoms with Gasteiger partial charge in [0.05, 0.1) is 24.5 Å². The average Bonchev–Trinajstić information content (AvgIpc) is 3.11. The smallest absolute Gasteiger partial charge is 0.260 e. The molecule has 0 bridgehead atoms. The van der Waals surface area contributed by atoms with Gasteiger partial charge in [0.1, 0.15) is 0 Å². The van der Waals surface area contributed by atoms with Gasteiger partial charge in [-0.05, 0) is 36.8 Å². The molecule has 0 spiro atoms. The molecule has 0 unspecified atom stereocenters. The maximum absolute atomic E-state index is 12.9. The normalized spacial score (nSPS) is 14.4. The molecule has 2 amide bonds. The van der Waals surface area contributed by atoms with Crippen LogP contribution in [0.3, 0.4) is 0 Å². The molecule has 0 saturated carbocycles. The fourth-order valence-electron chi connectivity index (χ4n) is 3.59. The summed E-state index contributed by atoms with van der Waals surface area (Å²) in [4.78, 5) is 36.3. The Morgan fingerprint density at radius 1 is 1.03 bits per heavy atom. The van der Waals surface area contributed by atoms with Crippen LogP contribution in [0.4, 0.5) is 0 Å². The molecule has 8 heteroatoms. The Balaban J connectivity index is 1.35. The van der Waals surface area contributed by atoms with Crippen LogP contribution in [0.25, 0.3) is 11.0 Å². The van der Waals surface area contributed by atoms with Gasteiger partial charge in [-0.25, -0.2) is 4.98 Å². The fraction of sp³-hybridized carbons (Fsp3) is 0.318. The molecule has 8 nitrogen and oxygen atoms in total. The van der Waals surface area contributed by atoms with Crippen LogP contribution in [0.2, 0.25) is 0 Å². The molecule has 3 aromatic rings. The Morgan fingerprint density at radius 3 is 2.63 bits per heavy atom. The number of fused-ring (bicyclic) bond motifs is 1. The van der Waals surface area contributed by atoms with Gasteiger partial charge in [0.2, 0.25) is 0 Å². The van der Waals surface area contributed by atoms with Gasteiger partial charge < -0.3 is 24.3 Å². The van der Waals surface area contributed by atoms with Gasteiger partial charge >= 0.3 is 0 Å². The van der Waals surface area contributed by atoms with Gasteiger partial charge in [0.15, 0.2) is 18.1 Å². The average molecular weight is 408 g/mol. The van der Waals surface area contributed by atoms with Crippen LogP contribution in [0.5, 0.6) is 11.5 Å². The van der Waals surface area contributed by atoms with Gasteiger partial charge in [0, 0.05) is 31.7 Å². The maximum Gasteiger partial charge on any atom is 0.260 e. The standard InChI is InChI=1S/C22H24N4O4/c1-29-19-5-2-3-6-20(19)30-14-21(27)25-9-4-10-26(12-11-25)22(28)16-7-8-17-18(13-16)24-15-23-17/h2-3,5-8,13,15H,4,9-12,14H2,1H3,(H,23,24). The van der Waals surface area contributed by atoms with E-state index in [0.717, 1.165) is 17.5 Å². The first-order valence-corrected chi connectivity index (χ1v) is 9.91. The zero-order valence-corrected chi connectivity index (χ0v) is 16.8. The zero-order valence-electron chi connectivity index (χ0n) is 16.8. The number of aromatic nitrogens is 2. The summed E-state index contributed by atoms with van der Waals surface area (Å²) in [5.41, 5.74) is 2.28. The van der Waals surface area contributed by atoms with E-state index >= 15 is 0 Å². The topological polar surface area (TPSA) is 87.8 Å². The molecular weight excluding hydrogens is 384 g/mol. The Labute approximate surface area is 174 Å². The van der Waals surface area contributed by atoms with Crippen molar-refractivity contribution in [1.29, 1.82) is 0 Å². The number of carbonyl (C=O) groups excluding carboxylic acids is 2. The van der Waals surface area contributed by atoms with Crippen molar-refractivity contribution >= 4 is 22.8 Å². The molecule has 2 aromatic carbocycles. The van der Waals surface area contributed by atoms with Crippen molar-refractivity contribution in [1.82, 2.24) is 19.8 Å². The monoisotopic (exact) mass is 408 g/mol. The van der Waals surface area contributed by atoms with Crippen molar-refractivity contribution in [2.75, 3.05) is 39.9 Å². The summed E-state index contributed by atoms with van der Waals surface area (Å²) in [6.45, 7) is 2.10. The molecule has 156 valence electrons. The van der Waals surface area contributed by atoms with Crippen LogP contribution in [0, 0.1) is 0 Å². The van der Waals surface area contributed by atoms with Gasteiger partial charge in [0.25, 0.3) is 11.8 Å².